The smallest absolute Gasteiger partial charge is 0.135 e. The van der Waals surface area contributed by atoms with Crippen molar-refractivity contribution in [2.75, 3.05) is 20.8 Å². The minimum absolute atomic E-state index is 0.540. The third-order valence-corrected chi connectivity index (χ3v) is 2.47. The van der Waals surface area contributed by atoms with E-state index >= 15 is 0 Å². The lowest BCUT2D eigenvalue weighted by atomic mass is 10.2. The first-order valence-electron chi connectivity index (χ1n) is 5.83. The topological polar surface area (TPSA) is 60.3 Å². The molecule has 100 valence electrons. The second kappa shape index (κ2) is 7.42. The van der Waals surface area contributed by atoms with Gasteiger partial charge in [-0.3, -0.25) is 0 Å². The van der Waals surface area contributed by atoms with Gasteiger partial charge in [0.2, 0.25) is 0 Å². The molecule has 0 aliphatic rings. The van der Waals surface area contributed by atoms with Crippen molar-refractivity contribution in [1.29, 1.82) is 0 Å². The van der Waals surface area contributed by atoms with E-state index in [0.717, 1.165) is 12.8 Å². The monoisotopic (exact) mass is 253 g/mol. The number of oxime groups is 1. The summed E-state index contributed by atoms with van der Waals surface area (Å²) in [6.07, 6.45) is 3.33. The molecule has 0 amide bonds. The van der Waals surface area contributed by atoms with Gasteiger partial charge < -0.3 is 19.4 Å². The van der Waals surface area contributed by atoms with Crippen molar-refractivity contribution in [3.05, 3.63) is 17.7 Å². The van der Waals surface area contributed by atoms with Gasteiger partial charge in [-0.25, -0.2) is 0 Å². The number of unbranched alkanes of at least 4 members (excludes halogenated alkanes) is 1. The van der Waals surface area contributed by atoms with Gasteiger partial charge >= 0.3 is 0 Å². The number of nitrogens with zero attached hydrogens (tertiary/aromatic N) is 1. The number of hydrogen-bond acceptors (Lipinski definition) is 5. The molecule has 0 bridgehead atoms. The average Bonchev–Trinajstić information content (AvgIpc) is 2.40. The number of rotatable bonds is 7. The van der Waals surface area contributed by atoms with Crippen molar-refractivity contribution in [1.82, 2.24) is 0 Å². The Labute approximate surface area is 107 Å². The Kier molecular flexibility index (Phi) is 5.84. The second-order valence-electron chi connectivity index (χ2n) is 3.69. The summed E-state index contributed by atoms with van der Waals surface area (Å²) in [5, 5.41) is 11.6. The molecular weight excluding hydrogens is 234 g/mol. The Morgan fingerprint density at radius 2 is 1.83 bits per heavy atom. The van der Waals surface area contributed by atoms with Crippen molar-refractivity contribution in [2.45, 2.75) is 19.8 Å². The Morgan fingerprint density at radius 3 is 2.28 bits per heavy atom. The zero-order valence-corrected chi connectivity index (χ0v) is 11.0. The first-order valence-corrected chi connectivity index (χ1v) is 5.83. The van der Waals surface area contributed by atoms with E-state index in [1.165, 1.54) is 6.21 Å². The summed E-state index contributed by atoms with van der Waals surface area (Å²) in [5.74, 6) is 1.75. The van der Waals surface area contributed by atoms with E-state index < -0.39 is 0 Å². The molecule has 0 spiro atoms. The SMILES string of the molecule is CCCCOc1cc(OC)c(/C=N/O)c(OC)c1. The molecule has 0 aliphatic heterocycles. The summed E-state index contributed by atoms with van der Waals surface area (Å²) in [5.41, 5.74) is 0.574. The van der Waals surface area contributed by atoms with Crippen LogP contribution >= 0.6 is 0 Å². The zero-order valence-electron chi connectivity index (χ0n) is 11.0. The first-order chi connectivity index (χ1) is 8.76. The fourth-order valence-electron chi connectivity index (χ4n) is 1.52. The van der Waals surface area contributed by atoms with Gasteiger partial charge in [0, 0.05) is 12.1 Å². The molecule has 0 aromatic heterocycles. The van der Waals surface area contributed by atoms with Gasteiger partial charge in [0.1, 0.15) is 17.2 Å². The highest BCUT2D eigenvalue weighted by Gasteiger charge is 2.11. The number of methoxy groups -OCH3 is 2. The highest BCUT2D eigenvalue weighted by molar-refractivity contribution is 5.87. The fraction of sp³-hybridized carbons (Fsp3) is 0.462. The maximum absolute atomic E-state index is 8.63. The Balaban J connectivity index is 3.01. The molecule has 1 aromatic rings. The van der Waals surface area contributed by atoms with E-state index in [0.29, 0.717) is 29.4 Å². The Hall–Kier alpha value is -1.91. The molecule has 5 nitrogen and oxygen atoms in total. The molecular formula is C13H19NO4. The van der Waals surface area contributed by atoms with Crippen LogP contribution in [0.15, 0.2) is 17.3 Å². The van der Waals surface area contributed by atoms with Gasteiger partial charge in [-0.05, 0) is 6.42 Å². The molecule has 0 fully saturated rings. The highest BCUT2D eigenvalue weighted by Crippen LogP contribution is 2.32. The van der Waals surface area contributed by atoms with Crippen LogP contribution in [0.3, 0.4) is 0 Å². The molecule has 0 aliphatic carbocycles. The molecule has 5 heteroatoms. The van der Waals surface area contributed by atoms with E-state index in [2.05, 4.69) is 12.1 Å². The highest BCUT2D eigenvalue weighted by atomic mass is 16.5. The summed E-state index contributed by atoms with van der Waals surface area (Å²) >= 11 is 0. The van der Waals surface area contributed by atoms with Crippen LogP contribution in [0.25, 0.3) is 0 Å². The molecule has 1 N–H and O–H groups in total. The van der Waals surface area contributed by atoms with Crippen LogP contribution < -0.4 is 14.2 Å². The average molecular weight is 253 g/mol. The van der Waals surface area contributed by atoms with Crippen LogP contribution in [0.1, 0.15) is 25.3 Å². The molecule has 1 rings (SSSR count). The minimum atomic E-state index is 0.540. The van der Waals surface area contributed by atoms with Crippen LogP contribution in [0.2, 0.25) is 0 Å². The number of ether oxygens (including phenoxy) is 3. The van der Waals surface area contributed by atoms with Gasteiger partial charge in [0.15, 0.2) is 0 Å². The zero-order chi connectivity index (χ0) is 13.4. The second-order valence-corrected chi connectivity index (χ2v) is 3.69. The summed E-state index contributed by atoms with van der Waals surface area (Å²) in [6.45, 7) is 2.75. The third-order valence-electron chi connectivity index (χ3n) is 2.47. The van der Waals surface area contributed by atoms with Gasteiger partial charge in [-0.15, -0.1) is 0 Å². The van der Waals surface area contributed by atoms with E-state index in [1.807, 2.05) is 0 Å². The van der Waals surface area contributed by atoms with E-state index in [9.17, 15) is 0 Å². The maximum Gasteiger partial charge on any atom is 0.135 e. The lowest BCUT2D eigenvalue weighted by Gasteiger charge is -2.13. The van der Waals surface area contributed by atoms with Gasteiger partial charge in [-0.2, -0.15) is 0 Å². The number of benzene rings is 1. The third kappa shape index (κ3) is 3.55. The van der Waals surface area contributed by atoms with Crippen LogP contribution in [0.5, 0.6) is 17.2 Å². The standard InChI is InChI=1S/C13H19NO4/c1-4-5-6-18-10-7-12(16-2)11(9-14-15)13(8-10)17-3/h7-9,15H,4-6H2,1-3H3/b14-9+. The maximum atomic E-state index is 8.63. The quantitative estimate of drug-likeness (QED) is 0.351. The summed E-state index contributed by atoms with van der Waals surface area (Å²) in [6, 6.07) is 3.49. The predicted octanol–water partition coefficient (Wildman–Crippen LogP) is 2.69. The molecule has 0 saturated carbocycles. The van der Waals surface area contributed by atoms with Crippen LogP contribution in [-0.2, 0) is 0 Å². The minimum Gasteiger partial charge on any atom is -0.496 e. The first kappa shape index (κ1) is 14.2. The Bertz CT molecular complexity index is 379. The lowest BCUT2D eigenvalue weighted by Crippen LogP contribution is -2.00. The molecule has 0 saturated heterocycles. The van der Waals surface area contributed by atoms with Crippen molar-refractivity contribution in [3.8, 4) is 17.2 Å². The normalized spacial score (nSPS) is 10.6. The number of hydrogen-bond donors (Lipinski definition) is 1. The molecule has 0 heterocycles. The largest absolute Gasteiger partial charge is 0.496 e. The van der Waals surface area contributed by atoms with Crippen molar-refractivity contribution in [2.24, 2.45) is 5.16 Å². The van der Waals surface area contributed by atoms with Crippen LogP contribution in [-0.4, -0.2) is 32.2 Å². The summed E-state index contributed by atoms with van der Waals surface area (Å²) in [4.78, 5) is 0. The molecule has 0 radical (unpaired) electrons. The van der Waals surface area contributed by atoms with Crippen LogP contribution in [0.4, 0.5) is 0 Å². The van der Waals surface area contributed by atoms with E-state index in [-0.39, 0.29) is 0 Å². The molecule has 18 heavy (non-hydrogen) atoms. The van der Waals surface area contributed by atoms with E-state index in [1.54, 1.807) is 26.4 Å². The molecule has 0 unspecified atom stereocenters. The summed E-state index contributed by atoms with van der Waals surface area (Å²) < 4.78 is 16.0. The van der Waals surface area contributed by atoms with Crippen molar-refractivity contribution in [3.63, 3.8) is 0 Å². The Morgan fingerprint density at radius 1 is 1.22 bits per heavy atom. The van der Waals surface area contributed by atoms with Crippen molar-refractivity contribution < 1.29 is 19.4 Å². The van der Waals surface area contributed by atoms with E-state index in [4.69, 9.17) is 19.4 Å². The molecule has 0 atom stereocenters. The molecule has 1 aromatic carbocycles. The lowest BCUT2D eigenvalue weighted by molar-refractivity contribution is 0.303. The predicted molar refractivity (Wildman–Crippen MR) is 69.3 cm³/mol. The van der Waals surface area contributed by atoms with Gasteiger partial charge in [0.05, 0.1) is 32.6 Å². The summed E-state index contributed by atoms with van der Waals surface area (Å²) in [7, 11) is 3.08. The van der Waals surface area contributed by atoms with Crippen molar-refractivity contribution >= 4 is 6.21 Å². The van der Waals surface area contributed by atoms with Gasteiger partial charge in [0.25, 0.3) is 0 Å². The van der Waals surface area contributed by atoms with Gasteiger partial charge in [-0.1, -0.05) is 18.5 Å². The fourth-order valence-corrected chi connectivity index (χ4v) is 1.52. The van der Waals surface area contributed by atoms with Crippen LogP contribution in [0, 0.1) is 0 Å².